The monoisotopic (exact) mass is 502 g/mol. The molecule has 2 saturated heterocycles. The van der Waals surface area contributed by atoms with Crippen molar-refractivity contribution in [2.45, 2.75) is 58.2 Å². The molecule has 1 aromatic rings. The number of anilines is 1. The quantitative estimate of drug-likeness (QED) is 0.327. The fraction of sp³-hybridized carbons (Fsp3) is 0.538. The number of ether oxygens (including phenoxy) is 3. The van der Waals surface area contributed by atoms with Crippen LogP contribution in [0, 0.1) is 5.41 Å². The van der Waals surface area contributed by atoms with Crippen molar-refractivity contribution >= 4 is 29.5 Å². The Morgan fingerprint density at radius 3 is 2.39 bits per heavy atom. The molecule has 10 heteroatoms. The van der Waals surface area contributed by atoms with E-state index in [1.54, 1.807) is 52.0 Å². The summed E-state index contributed by atoms with van der Waals surface area (Å²) in [6.07, 6.45) is 0.461. The van der Waals surface area contributed by atoms with E-state index in [1.807, 2.05) is 0 Å². The molecule has 2 unspecified atom stereocenters. The van der Waals surface area contributed by atoms with Gasteiger partial charge in [0.15, 0.2) is 0 Å². The third-order valence-electron chi connectivity index (χ3n) is 6.03. The molecule has 0 radical (unpaired) electrons. The minimum Gasteiger partial charge on any atom is -0.491 e. The van der Waals surface area contributed by atoms with E-state index in [2.05, 4.69) is 6.58 Å². The van der Waals surface area contributed by atoms with Gasteiger partial charge in [-0.15, -0.1) is 6.58 Å². The molecule has 1 N–H and O–H groups in total. The number of aliphatic hydroxyl groups is 1. The van der Waals surface area contributed by atoms with Crippen molar-refractivity contribution in [2.75, 3.05) is 31.3 Å². The Bertz CT molecular complexity index is 1030. The van der Waals surface area contributed by atoms with Gasteiger partial charge in [0.1, 0.15) is 23.6 Å². The van der Waals surface area contributed by atoms with Crippen LogP contribution in [0.4, 0.5) is 10.5 Å². The van der Waals surface area contributed by atoms with E-state index < -0.39 is 34.5 Å². The molecule has 0 bridgehead atoms. The molecule has 2 atom stereocenters. The van der Waals surface area contributed by atoms with Gasteiger partial charge in [-0.25, -0.2) is 4.79 Å². The number of likely N-dealkylation sites (tertiary alicyclic amines) is 1. The van der Waals surface area contributed by atoms with E-state index in [1.165, 1.54) is 11.0 Å². The second kappa shape index (κ2) is 10.4. The average molecular weight is 503 g/mol. The number of imide groups is 3. The zero-order chi connectivity index (χ0) is 26.7. The highest BCUT2D eigenvalue weighted by atomic mass is 16.6. The van der Waals surface area contributed by atoms with Crippen LogP contribution in [0.1, 0.15) is 47.0 Å². The molecule has 1 spiro atoms. The molecular weight excluding hydrogens is 468 g/mol. The van der Waals surface area contributed by atoms with Gasteiger partial charge < -0.3 is 24.2 Å². The van der Waals surface area contributed by atoms with Crippen LogP contribution in [0.3, 0.4) is 0 Å². The van der Waals surface area contributed by atoms with Crippen molar-refractivity contribution < 1.29 is 38.5 Å². The normalized spacial score (nSPS) is 22.1. The smallest absolute Gasteiger partial charge is 0.424 e. The van der Waals surface area contributed by atoms with Crippen LogP contribution in [0.25, 0.3) is 0 Å². The summed E-state index contributed by atoms with van der Waals surface area (Å²) >= 11 is 0. The number of benzene rings is 1. The number of hydrogen-bond donors (Lipinski definition) is 1. The Balaban J connectivity index is 1.62. The van der Waals surface area contributed by atoms with Crippen LogP contribution in [-0.2, 0) is 23.9 Å². The van der Waals surface area contributed by atoms with Crippen LogP contribution in [-0.4, -0.2) is 71.4 Å². The van der Waals surface area contributed by atoms with E-state index in [9.17, 15) is 24.3 Å². The standard InChI is InChI=1S/C26H34N2O8/c1-6-25(5,33)17-34-13-14-35-19-9-7-18(8-10-19)27-16-26(15-21(27)30)12-11-20(29)28(22(26)31)23(32)36-24(2,3)4/h6-10,33H,1,11-17H2,2-5H3. The number of hydrogen-bond acceptors (Lipinski definition) is 8. The Kier molecular flexibility index (Phi) is 7.90. The highest BCUT2D eigenvalue weighted by Gasteiger charge is 2.56. The summed E-state index contributed by atoms with van der Waals surface area (Å²) in [5, 5.41) is 9.82. The molecule has 2 aliphatic heterocycles. The first-order valence-electron chi connectivity index (χ1n) is 11.8. The van der Waals surface area contributed by atoms with E-state index in [4.69, 9.17) is 14.2 Å². The maximum atomic E-state index is 13.3. The molecule has 36 heavy (non-hydrogen) atoms. The fourth-order valence-electron chi connectivity index (χ4n) is 4.06. The average Bonchev–Trinajstić information content (AvgIpc) is 3.13. The predicted octanol–water partition coefficient (Wildman–Crippen LogP) is 2.83. The third kappa shape index (κ3) is 6.30. The minimum absolute atomic E-state index is 0.0246. The van der Waals surface area contributed by atoms with Crippen molar-refractivity contribution in [3.05, 3.63) is 36.9 Å². The van der Waals surface area contributed by atoms with Gasteiger partial charge >= 0.3 is 6.09 Å². The first kappa shape index (κ1) is 27.3. The van der Waals surface area contributed by atoms with E-state index in [-0.39, 0.29) is 51.5 Å². The molecular formula is C26H34N2O8. The Morgan fingerprint density at radius 2 is 1.78 bits per heavy atom. The topological polar surface area (TPSA) is 123 Å². The molecule has 0 saturated carbocycles. The zero-order valence-electron chi connectivity index (χ0n) is 21.2. The van der Waals surface area contributed by atoms with Gasteiger partial charge in [0.05, 0.1) is 18.6 Å². The van der Waals surface area contributed by atoms with Gasteiger partial charge in [-0.05, 0) is 58.4 Å². The summed E-state index contributed by atoms with van der Waals surface area (Å²) in [5.74, 6) is -1.02. The van der Waals surface area contributed by atoms with E-state index in [0.717, 1.165) is 0 Å². The summed E-state index contributed by atoms with van der Waals surface area (Å²) in [7, 11) is 0. The maximum Gasteiger partial charge on any atom is 0.424 e. The van der Waals surface area contributed by atoms with Gasteiger partial charge in [-0.3, -0.25) is 14.4 Å². The molecule has 1 aromatic carbocycles. The zero-order valence-corrected chi connectivity index (χ0v) is 21.2. The molecule has 0 aliphatic carbocycles. The molecule has 2 heterocycles. The van der Waals surface area contributed by atoms with Gasteiger partial charge in [-0.2, -0.15) is 4.90 Å². The minimum atomic E-state index is -1.17. The first-order chi connectivity index (χ1) is 16.8. The van der Waals surface area contributed by atoms with Crippen LogP contribution in [0.15, 0.2) is 36.9 Å². The van der Waals surface area contributed by atoms with Crippen molar-refractivity contribution in [1.82, 2.24) is 4.90 Å². The summed E-state index contributed by atoms with van der Waals surface area (Å²) in [5.41, 5.74) is -2.56. The lowest BCUT2D eigenvalue weighted by Gasteiger charge is -2.36. The summed E-state index contributed by atoms with van der Waals surface area (Å²) in [4.78, 5) is 53.2. The maximum absolute atomic E-state index is 13.3. The Hall–Kier alpha value is -3.24. The second-order valence-corrected chi connectivity index (χ2v) is 10.4. The number of nitrogens with zero attached hydrogens (tertiary/aromatic N) is 2. The first-order valence-corrected chi connectivity index (χ1v) is 11.8. The van der Waals surface area contributed by atoms with Gasteiger partial charge in [-0.1, -0.05) is 6.08 Å². The lowest BCUT2D eigenvalue weighted by atomic mass is 9.78. The van der Waals surface area contributed by atoms with Gasteiger partial charge in [0.25, 0.3) is 0 Å². The second-order valence-electron chi connectivity index (χ2n) is 10.4. The van der Waals surface area contributed by atoms with E-state index >= 15 is 0 Å². The van der Waals surface area contributed by atoms with Crippen LogP contribution in [0.2, 0.25) is 0 Å². The molecule has 10 nitrogen and oxygen atoms in total. The lowest BCUT2D eigenvalue weighted by Crippen LogP contribution is -2.55. The predicted molar refractivity (Wildman–Crippen MR) is 130 cm³/mol. The molecule has 0 aromatic heterocycles. The highest BCUT2D eigenvalue weighted by molar-refractivity contribution is 6.15. The number of carbonyl (C=O) groups is 4. The fourth-order valence-corrected chi connectivity index (χ4v) is 4.06. The molecule has 196 valence electrons. The van der Waals surface area contributed by atoms with Crippen LogP contribution in [0.5, 0.6) is 5.75 Å². The van der Waals surface area contributed by atoms with Crippen LogP contribution < -0.4 is 9.64 Å². The molecule has 2 fully saturated rings. The summed E-state index contributed by atoms with van der Waals surface area (Å²) in [6.45, 7) is 10.8. The number of amides is 4. The summed E-state index contributed by atoms with van der Waals surface area (Å²) < 4.78 is 16.3. The molecule has 4 amide bonds. The SMILES string of the molecule is C=CC(C)(O)COCCOc1ccc(N2CC3(CCC(=O)N(C(=O)OC(C)(C)C)C3=O)CC2=O)cc1. The lowest BCUT2D eigenvalue weighted by molar-refractivity contribution is -0.155. The molecule has 2 aliphatic rings. The Labute approximate surface area is 210 Å². The molecule has 3 rings (SSSR count). The highest BCUT2D eigenvalue weighted by Crippen LogP contribution is 2.43. The van der Waals surface area contributed by atoms with Crippen molar-refractivity contribution in [3.63, 3.8) is 0 Å². The van der Waals surface area contributed by atoms with Crippen molar-refractivity contribution in [3.8, 4) is 5.75 Å². The largest absolute Gasteiger partial charge is 0.491 e. The van der Waals surface area contributed by atoms with Gasteiger partial charge in [0, 0.05) is 25.1 Å². The van der Waals surface area contributed by atoms with Gasteiger partial charge in [0.2, 0.25) is 17.7 Å². The third-order valence-corrected chi connectivity index (χ3v) is 6.03. The number of carbonyl (C=O) groups excluding carboxylic acids is 4. The van der Waals surface area contributed by atoms with Crippen molar-refractivity contribution in [1.29, 1.82) is 0 Å². The number of rotatable bonds is 8. The van der Waals surface area contributed by atoms with E-state index in [0.29, 0.717) is 16.3 Å². The Morgan fingerprint density at radius 1 is 1.11 bits per heavy atom. The van der Waals surface area contributed by atoms with Crippen molar-refractivity contribution in [2.24, 2.45) is 5.41 Å². The number of piperidine rings is 1. The summed E-state index contributed by atoms with van der Waals surface area (Å²) in [6, 6.07) is 6.82. The van der Waals surface area contributed by atoms with Crippen LogP contribution >= 0.6 is 0 Å².